The molecule has 0 saturated heterocycles. The van der Waals surface area contributed by atoms with E-state index < -0.39 is 0 Å². The molecule has 22 heavy (non-hydrogen) atoms. The van der Waals surface area contributed by atoms with Crippen molar-refractivity contribution in [2.45, 2.75) is 26.2 Å². The predicted molar refractivity (Wildman–Crippen MR) is 90.3 cm³/mol. The third-order valence-electron chi connectivity index (χ3n) is 2.86. The predicted octanol–water partition coefficient (Wildman–Crippen LogP) is 2.90. The van der Waals surface area contributed by atoms with Crippen molar-refractivity contribution in [3.05, 3.63) is 32.6 Å². The summed E-state index contributed by atoms with van der Waals surface area (Å²) in [5.74, 6) is -0.151. The third kappa shape index (κ3) is 4.41. The number of aromatic nitrogens is 2. The maximum absolute atomic E-state index is 11.8. The lowest BCUT2D eigenvalue weighted by Gasteiger charge is -2.14. The van der Waals surface area contributed by atoms with Crippen molar-refractivity contribution in [3.63, 3.8) is 0 Å². The van der Waals surface area contributed by atoms with Gasteiger partial charge >= 0.3 is 0 Å². The van der Waals surface area contributed by atoms with Crippen molar-refractivity contribution >= 4 is 44.9 Å². The zero-order valence-electron chi connectivity index (χ0n) is 12.5. The highest BCUT2D eigenvalue weighted by Crippen LogP contribution is 2.22. The summed E-state index contributed by atoms with van der Waals surface area (Å²) in [6.07, 6.45) is 0. The minimum absolute atomic E-state index is 0.0727. The Labute approximate surface area is 140 Å². The molecule has 0 spiro atoms. The Morgan fingerprint density at radius 1 is 1.36 bits per heavy atom. The van der Waals surface area contributed by atoms with Gasteiger partial charge in [-0.3, -0.25) is 14.7 Å². The van der Waals surface area contributed by atoms with Gasteiger partial charge < -0.3 is 10.6 Å². The largest absolute Gasteiger partial charge is 0.342 e. The number of rotatable bonds is 4. The Bertz CT molecular complexity index is 687. The molecule has 0 saturated carbocycles. The Hall–Kier alpha value is -1.67. The molecule has 3 N–H and O–H groups in total. The second kappa shape index (κ2) is 6.62. The van der Waals surface area contributed by atoms with E-state index in [2.05, 4.69) is 36.8 Å². The summed E-state index contributed by atoms with van der Waals surface area (Å²) in [5.41, 5.74) is 0.854. The van der Waals surface area contributed by atoms with Gasteiger partial charge in [0.05, 0.1) is 15.2 Å². The van der Waals surface area contributed by atoms with Crippen LogP contribution in [0.1, 0.15) is 36.1 Å². The molecule has 2 amide bonds. The molecule has 2 rings (SSSR count). The number of thiophene rings is 1. The van der Waals surface area contributed by atoms with Crippen molar-refractivity contribution in [1.82, 2.24) is 15.5 Å². The van der Waals surface area contributed by atoms with Crippen LogP contribution in [0, 0.1) is 0 Å². The molecule has 0 unspecified atom stereocenters. The quantitative estimate of drug-likeness (QED) is 0.757. The van der Waals surface area contributed by atoms with Gasteiger partial charge in [0.25, 0.3) is 5.91 Å². The highest BCUT2D eigenvalue weighted by atomic mass is 79.9. The average molecular weight is 385 g/mol. The lowest BCUT2D eigenvalue weighted by atomic mass is 9.92. The normalized spacial score (nSPS) is 11.3. The van der Waals surface area contributed by atoms with Crippen molar-refractivity contribution in [3.8, 4) is 0 Å². The van der Waals surface area contributed by atoms with Crippen LogP contribution >= 0.6 is 27.3 Å². The average Bonchev–Trinajstić information content (AvgIpc) is 3.04. The highest BCUT2D eigenvalue weighted by Gasteiger charge is 2.17. The van der Waals surface area contributed by atoms with Gasteiger partial charge in [-0.25, -0.2) is 0 Å². The van der Waals surface area contributed by atoms with Crippen LogP contribution in [0.4, 0.5) is 5.82 Å². The van der Waals surface area contributed by atoms with Crippen LogP contribution in [0.3, 0.4) is 0 Å². The van der Waals surface area contributed by atoms with E-state index in [0.29, 0.717) is 10.7 Å². The van der Waals surface area contributed by atoms with Crippen LogP contribution in [0.2, 0.25) is 0 Å². The summed E-state index contributed by atoms with van der Waals surface area (Å²) >= 11 is 4.60. The maximum atomic E-state index is 11.8. The number of hydrogen-bond acceptors (Lipinski definition) is 4. The van der Waals surface area contributed by atoms with Crippen LogP contribution in [0.5, 0.6) is 0 Å². The molecule has 6 nitrogen and oxygen atoms in total. The molecule has 2 aromatic rings. The van der Waals surface area contributed by atoms with Gasteiger partial charge in [0, 0.05) is 17.2 Å². The fourth-order valence-electron chi connectivity index (χ4n) is 1.64. The van der Waals surface area contributed by atoms with Crippen LogP contribution in [0.15, 0.2) is 22.0 Å². The number of anilines is 1. The Morgan fingerprint density at radius 3 is 2.64 bits per heavy atom. The van der Waals surface area contributed by atoms with E-state index >= 15 is 0 Å². The summed E-state index contributed by atoms with van der Waals surface area (Å²) in [7, 11) is 0. The molecule has 0 bridgehead atoms. The monoisotopic (exact) mass is 384 g/mol. The Kier molecular flexibility index (Phi) is 5.02. The van der Waals surface area contributed by atoms with E-state index in [0.717, 1.165) is 9.48 Å². The molecule has 8 heteroatoms. The number of H-pyrrole nitrogens is 1. The van der Waals surface area contributed by atoms with Gasteiger partial charge in [-0.05, 0) is 28.1 Å². The molecule has 0 atom stereocenters. The highest BCUT2D eigenvalue weighted by molar-refractivity contribution is 9.11. The molecule has 2 aromatic heterocycles. The Balaban J connectivity index is 1.85. The molecule has 0 fully saturated rings. The second-order valence-corrected chi connectivity index (χ2v) is 8.21. The van der Waals surface area contributed by atoms with Gasteiger partial charge in [0.15, 0.2) is 5.82 Å². The summed E-state index contributed by atoms with van der Waals surface area (Å²) in [4.78, 5) is 24.2. The lowest BCUT2D eigenvalue weighted by molar-refractivity contribution is -0.115. The number of carbonyl (C=O) groups excluding carboxylic acids is 2. The SMILES string of the molecule is CC(C)(C)c1cc(NC(=O)CNC(=O)c2ccc(Br)s2)n[nH]1. The first-order chi connectivity index (χ1) is 10.3. The number of nitrogens with zero attached hydrogens (tertiary/aromatic N) is 1. The van der Waals surface area contributed by atoms with Gasteiger partial charge in [-0.15, -0.1) is 11.3 Å². The fourth-order valence-corrected chi connectivity index (χ4v) is 2.94. The van der Waals surface area contributed by atoms with Crippen molar-refractivity contribution < 1.29 is 9.59 Å². The maximum Gasteiger partial charge on any atom is 0.261 e. The molecule has 118 valence electrons. The smallest absolute Gasteiger partial charge is 0.261 e. The van der Waals surface area contributed by atoms with Crippen molar-refractivity contribution in [2.24, 2.45) is 0 Å². The number of nitrogens with one attached hydrogen (secondary N) is 3. The molecule has 0 aliphatic carbocycles. The first kappa shape index (κ1) is 16.7. The Morgan fingerprint density at radius 2 is 2.09 bits per heavy atom. The minimum Gasteiger partial charge on any atom is -0.342 e. The molecule has 0 radical (unpaired) electrons. The molecule has 0 aliphatic heterocycles. The minimum atomic E-state index is -0.323. The summed E-state index contributed by atoms with van der Waals surface area (Å²) in [5, 5.41) is 12.1. The van der Waals surface area contributed by atoms with E-state index in [-0.39, 0.29) is 23.8 Å². The molecule has 2 heterocycles. The standard InChI is InChI=1S/C14H17BrN4O2S/c1-14(2,3)9-6-11(19-18-9)17-12(20)7-16-13(21)8-4-5-10(15)22-8/h4-6H,7H2,1-3H3,(H,16,21)(H2,17,18,19,20). The summed E-state index contributed by atoms with van der Waals surface area (Å²) < 4.78 is 0.869. The van der Waals surface area contributed by atoms with E-state index in [1.54, 1.807) is 18.2 Å². The second-order valence-electron chi connectivity index (χ2n) is 5.75. The van der Waals surface area contributed by atoms with E-state index in [1.165, 1.54) is 11.3 Å². The molecule has 0 aromatic carbocycles. The van der Waals surface area contributed by atoms with Crippen molar-refractivity contribution in [1.29, 1.82) is 0 Å². The first-order valence-electron chi connectivity index (χ1n) is 6.65. The summed E-state index contributed by atoms with van der Waals surface area (Å²) in [6.45, 7) is 6.04. The van der Waals surface area contributed by atoms with Crippen molar-refractivity contribution in [2.75, 3.05) is 11.9 Å². The first-order valence-corrected chi connectivity index (χ1v) is 8.26. The van der Waals surface area contributed by atoms with Gasteiger partial charge in [-0.1, -0.05) is 20.8 Å². The molecule has 0 aliphatic rings. The topological polar surface area (TPSA) is 86.9 Å². The lowest BCUT2D eigenvalue weighted by Crippen LogP contribution is -2.32. The third-order valence-corrected chi connectivity index (χ3v) is 4.48. The zero-order valence-corrected chi connectivity index (χ0v) is 14.9. The molecular weight excluding hydrogens is 368 g/mol. The van der Waals surface area contributed by atoms with Gasteiger partial charge in [0.1, 0.15) is 0 Å². The van der Waals surface area contributed by atoms with Crippen LogP contribution in [-0.4, -0.2) is 28.6 Å². The van der Waals surface area contributed by atoms with Gasteiger partial charge in [0.2, 0.25) is 5.91 Å². The van der Waals surface area contributed by atoms with E-state index in [4.69, 9.17) is 0 Å². The summed E-state index contributed by atoms with van der Waals surface area (Å²) in [6, 6.07) is 5.28. The number of halogens is 1. The fraction of sp³-hybridized carbons (Fsp3) is 0.357. The van der Waals surface area contributed by atoms with E-state index in [1.807, 2.05) is 20.8 Å². The number of hydrogen-bond donors (Lipinski definition) is 3. The van der Waals surface area contributed by atoms with Crippen LogP contribution in [0.25, 0.3) is 0 Å². The van der Waals surface area contributed by atoms with Crippen LogP contribution < -0.4 is 10.6 Å². The number of aromatic amines is 1. The van der Waals surface area contributed by atoms with Crippen LogP contribution in [-0.2, 0) is 10.2 Å². The zero-order chi connectivity index (χ0) is 16.3. The molecular formula is C14H17BrN4O2S. The van der Waals surface area contributed by atoms with E-state index in [9.17, 15) is 9.59 Å². The number of carbonyl (C=O) groups is 2. The van der Waals surface area contributed by atoms with Gasteiger partial charge in [-0.2, -0.15) is 5.10 Å². The number of amides is 2.